The Bertz CT molecular complexity index is 312. The van der Waals surface area contributed by atoms with Crippen molar-refractivity contribution in [1.82, 2.24) is 4.37 Å². The minimum atomic E-state index is -0.137. The summed E-state index contributed by atoms with van der Waals surface area (Å²) in [5.41, 5.74) is 0.921. The van der Waals surface area contributed by atoms with E-state index in [0.717, 1.165) is 10.7 Å². The summed E-state index contributed by atoms with van der Waals surface area (Å²) in [6.07, 6.45) is 0. The molecule has 0 aliphatic rings. The van der Waals surface area contributed by atoms with Crippen LogP contribution >= 0.6 is 11.5 Å². The molecule has 0 aliphatic carbocycles. The maximum absolute atomic E-state index is 11.5. The summed E-state index contributed by atoms with van der Waals surface area (Å²) in [7, 11) is 1.58. The number of amides is 1. The molecule has 78 valence electrons. The Kier molecular flexibility index (Phi) is 4.03. The molecule has 5 heteroatoms. The van der Waals surface area contributed by atoms with Gasteiger partial charge in [0.2, 0.25) is 5.91 Å². The van der Waals surface area contributed by atoms with Crippen LogP contribution in [0.4, 0.5) is 5.00 Å². The van der Waals surface area contributed by atoms with Crippen LogP contribution < -0.4 is 5.32 Å². The third-order valence-electron chi connectivity index (χ3n) is 1.74. The highest BCUT2D eigenvalue weighted by Crippen LogP contribution is 2.16. The zero-order chi connectivity index (χ0) is 10.6. The zero-order valence-corrected chi connectivity index (χ0v) is 9.35. The van der Waals surface area contributed by atoms with Crippen molar-refractivity contribution in [3.05, 3.63) is 11.8 Å². The molecule has 0 aromatic carbocycles. The van der Waals surface area contributed by atoms with Crippen molar-refractivity contribution < 1.29 is 9.53 Å². The van der Waals surface area contributed by atoms with Crippen molar-refractivity contribution in [1.29, 1.82) is 0 Å². The van der Waals surface area contributed by atoms with Gasteiger partial charge in [-0.3, -0.25) is 4.79 Å². The average molecular weight is 214 g/mol. The van der Waals surface area contributed by atoms with E-state index >= 15 is 0 Å². The minimum absolute atomic E-state index is 0.0319. The standard InChI is InChI=1S/C9H14N2O2S/c1-6(5-13-3)9(12)10-8-4-7(2)11-14-8/h4,6H,5H2,1-3H3,(H,10,12)/t6-/m1/s1. The van der Waals surface area contributed by atoms with E-state index in [2.05, 4.69) is 9.69 Å². The number of methoxy groups -OCH3 is 1. The number of aryl methyl sites for hydroxylation is 1. The Balaban J connectivity index is 2.48. The van der Waals surface area contributed by atoms with E-state index in [0.29, 0.717) is 6.61 Å². The normalized spacial score (nSPS) is 12.5. The summed E-state index contributed by atoms with van der Waals surface area (Å²) in [4.78, 5) is 11.5. The molecule has 0 saturated heterocycles. The quantitative estimate of drug-likeness (QED) is 0.829. The fraction of sp³-hybridized carbons (Fsp3) is 0.556. The van der Waals surface area contributed by atoms with E-state index in [1.165, 1.54) is 11.5 Å². The second kappa shape index (κ2) is 5.07. The lowest BCUT2D eigenvalue weighted by molar-refractivity contribution is -0.120. The molecule has 0 spiro atoms. The highest BCUT2D eigenvalue weighted by atomic mass is 32.1. The van der Waals surface area contributed by atoms with Crippen molar-refractivity contribution in [2.45, 2.75) is 13.8 Å². The summed E-state index contributed by atoms with van der Waals surface area (Å²) in [6.45, 7) is 4.15. The van der Waals surface area contributed by atoms with Gasteiger partial charge in [-0.25, -0.2) is 0 Å². The first-order chi connectivity index (χ1) is 6.63. The second-order valence-electron chi connectivity index (χ2n) is 3.18. The zero-order valence-electron chi connectivity index (χ0n) is 8.53. The maximum atomic E-state index is 11.5. The predicted octanol–water partition coefficient (Wildman–Crippen LogP) is 1.67. The smallest absolute Gasteiger partial charge is 0.230 e. The van der Waals surface area contributed by atoms with Crippen molar-refractivity contribution in [2.75, 3.05) is 19.0 Å². The second-order valence-corrected chi connectivity index (χ2v) is 3.98. The van der Waals surface area contributed by atoms with Crippen molar-refractivity contribution in [3.8, 4) is 0 Å². The highest BCUT2D eigenvalue weighted by molar-refractivity contribution is 7.10. The van der Waals surface area contributed by atoms with Crippen molar-refractivity contribution in [3.63, 3.8) is 0 Å². The van der Waals surface area contributed by atoms with Crippen LogP contribution in [0.2, 0.25) is 0 Å². The van der Waals surface area contributed by atoms with Crippen LogP contribution in [0.25, 0.3) is 0 Å². The number of hydrogen-bond acceptors (Lipinski definition) is 4. The third kappa shape index (κ3) is 3.08. The summed E-state index contributed by atoms with van der Waals surface area (Å²) in [5, 5.41) is 3.57. The number of nitrogens with zero attached hydrogens (tertiary/aromatic N) is 1. The van der Waals surface area contributed by atoms with Gasteiger partial charge in [0.25, 0.3) is 0 Å². The number of anilines is 1. The number of nitrogens with one attached hydrogen (secondary N) is 1. The van der Waals surface area contributed by atoms with E-state index in [9.17, 15) is 4.79 Å². The van der Waals surface area contributed by atoms with Gasteiger partial charge in [0.05, 0.1) is 18.2 Å². The van der Waals surface area contributed by atoms with E-state index < -0.39 is 0 Å². The number of aromatic nitrogens is 1. The van der Waals surface area contributed by atoms with Crippen LogP contribution in [0, 0.1) is 12.8 Å². The number of ether oxygens (including phenoxy) is 1. The molecule has 1 N–H and O–H groups in total. The fourth-order valence-corrected chi connectivity index (χ4v) is 1.66. The van der Waals surface area contributed by atoms with Gasteiger partial charge < -0.3 is 10.1 Å². The molecule has 0 aliphatic heterocycles. The number of carbonyl (C=O) groups is 1. The topological polar surface area (TPSA) is 51.2 Å². The summed E-state index contributed by atoms with van der Waals surface area (Å²) in [6, 6.07) is 1.85. The Hall–Kier alpha value is -0.940. The molecule has 1 amide bonds. The molecule has 4 nitrogen and oxygen atoms in total. The molecule has 1 aromatic rings. The van der Waals surface area contributed by atoms with Crippen LogP contribution in [0.15, 0.2) is 6.07 Å². The molecule has 1 atom stereocenters. The molecule has 14 heavy (non-hydrogen) atoms. The van der Waals surface area contributed by atoms with Gasteiger partial charge >= 0.3 is 0 Å². The summed E-state index contributed by atoms with van der Waals surface area (Å²) < 4.78 is 8.97. The largest absolute Gasteiger partial charge is 0.384 e. The average Bonchev–Trinajstić information content (AvgIpc) is 2.51. The molecule has 0 fully saturated rings. The summed E-state index contributed by atoms with van der Waals surface area (Å²) >= 11 is 1.29. The first-order valence-corrected chi connectivity index (χ1v) is 5.14. The molecule has 1 rings (SSSR count). The number of carbonyl (C=O) groups excluding carboxylic acids is 1. The minimum Gasteiger partial charge on any atom is -0.384 e. The van der Waals surface area contributed by atoms with Crippen LogP contribution in [0.5, 0.6) is 0 Å². The third-order valence-corrected chi connectivity index (χ3v) is 2.53. The number of hydrogen-bond donors (Lipinski definition) is 1. The van der Waals surface area contributed by atoms with Crippen molar-refractivity contribution >= 4 is 22.4 Å². The lowest BCUT2D eigenvalue weighted by Crippen LogP contribution is -2.23. The van der Waals surface area contributed by atoms with Gasteiger partial charge in [-0.1, -0.05) is 6.92 Å². The predicted molar refractivity (Wildman–Crippen MR) is 56.5 cm³/mol. The lowest BCUT2D eigenvalue weighted by Gasteiger charge is -2.08. The van der Waals surface area contributed by atoms with E-state index in [1.807, 2.05) is 19.9 Å². The van der Waals surface area contributed by atoms with Gasteiger partial charge in [-0.2, -0.15) is 4.37 Å². The SMILES string of the molecule is COC[C@@H](C)C(=O)Nc1cc(C)ns1. The highest BCUT2D eigenvalue weighted by Gasteiger charge is 2.13. The van der Waals surface area contributed by atoms with Gasteiger partial charge in [0.1, 0.15) is 5.00 Å². The Morgan fingerprint density at radius 3 is 3.00 bits per heavy atom. The van der Waals surface area contributed by atoms with Crippen molar-refractivity contribution in [2.24, 2.45) is 5.92 Å². The van der Waals surface area contributed by atoms with Crippen LogP contribution in [-0.4, -0.2) is 24.0 Å². The molecule has 0 bridgehead atoms. The lowest BCUT2D eigenvalue weighted by atomic mass is 10.2. The van der Waals surface area contributed by atoms with Crippen LogP contribution in [-0.2, 0) is 9.53 Å². The molecule has 1 aromatic heterocycles. The van der Waals surface area contributed by atoms with Gasteiger partial charge in [0.15, 0.2) is 0 Å². The van der Waals surface area contributed by atoms with Crippen LogP contribution in [0.3, 0.4) is 0 Å². The summed E-state index contributed by atoms with van der Waals surface area (Å²) in [5.74, 6) is -0.169. The Morgan fingerprint density at radius 2 is 2.50 bits per heavy atom. The molecule has 0 saturated carbocycles. The monoisotopic (exact) mass is 214 g/mol. The van der Waals surface area contributed by atoms with Gasteiger partial charge in [-0.15, -0.1) is 0 Å². The van der Waals surface area contributed by atoms with E-state index in [4.69, 9.17) is 4.74 Å². The molecule has 1 heterocycles. The fourth-order valence-electron chi connectivity index (χ4n) is 0.993. The first kappa shape index (κ1) is 11.1. The molecule has 0 unspecified atom stereocenters. The first-order valence-electron chi connectivity index (χ1n) is 4.36. The maximum Gasteiger partial charge on any atom is 0.230 e. The van der Waals surface area contributed by atoms with E-state index in [1.54, 1.807) is 7.11 Å². The number of rotatable bonds is 4. The molecule has 0 radical (unpaired) electrons. The van der Waals surface area contributed by atoms with Gasteiger partial charge in [-0.05, 0) is 24.5 Å². The Morgan fingerprint density at radius 1 is 1.79 bits per heavy atom. The van der Waals surface area contributed by atoms with Gasteiger partial charge in [0, 0.05) is 7.11 Å². The molecular formula is C9H14N2O2S. The van der Waals surface area contributed by atoms with Crippen LogP contribution in [0.1, 0.15) is 12.6 Å². The Labute approximate surface area is 87.4 Å². The molecular weight excluding hydrogens is 200 g/mol. The van der Waals surface area contributed by atoms with E-state index in [-0.39, 0.29) is 11.8 Å².